The van der Waals surface area contributed by atoms with Crippen molar-refractivity contribution < 1.29 is 4.52 Å². The van der Waals surface area contributed by atoms with Gasteiger partial charge in [-0.15, -0.1) is 12.4 Å². The lowest BCUT2D eigenvalue weighted by molar-refractivity contribution is 0.372. The molecule has 2 aromatic rings. The molecule has 0 bridgehead atoms. The van der Waals surface area contributed by atoms with Crippen LogP contribution in [-0.4, -0.2) is 20.1 Å². The summed E-state index contributed by atoms with van der Waals surface area (Å²) in [5.74, 6) is 0.818. The van der Waals surface area contributed by atoms with E-state index < -0.39 is 5.54 Å². The lowest BCUT2D eigenvalue weighted by atomic mass is 9.99. The van der Waals surface area contributed by atoms with Crippen molar-refractivity contribution in [1.82, 2.24) is 20.1 Å². The number of rotatable bonds is 2. The average Bonchev–Trinajstić information content (AvgIpc) is 2.99. The van der Waals surface area contributed by atoms with E-state index in [2.05, 4.69) is 20.1 Å². The van der Waals surface area contributed by atoms with Crippen LogP contribution >= 0.6 is 24.0 Å². The molecule has 2 heterocycles. The first-order valence-corrected chi connectivity index (χ1v) is 6.16. The second-order valence-electron chi connectivity index (χ2n) is 4.51. The van der Waals surface area contributed by atoms with Gasteiger partial charge < -0.3 is 10.3 Å². The van der Waals surface area contributed by atoms with Crippen LogP contribution in [0, 0.1) is 0 Å². The average molecular weight is 302 g/mol. The number of aromatic nitrogens is 4. The molecular formula is C11H13Cl2N5O. The lowest BCUT2D eigenvalue weighted by Gasteiger charge is -2.17. The third kappa shape index (κ3) is 2.56. The van der Waals surface area contributed by atoms with E-state index in [4.69, 9.17) is 21.9 Å². The number of nitrogens with two attached hydrogens (primary N) is 1. The Balaban J connectivity index is 0.00000133. The predicted octanol–water partition coefficient (Wildman–Crippen LogP) is 2.33. The minimum absolute atomic E-state index is 0. The van der Waals surface area contributed by atoms with Crippen LogP contribution in [-0.2, 0) is 5.54 Å². The molecule has 0 aliphatic heterocycles. The first-order chi connectivity index (χ1) is 8.69. The lowest BCUT2D eigenvalue weighted by Crippen LogP contribution is -2.34. The topological polar surface area (TPSA) is 90.7 Å². The first kappa shape index (κ1) is 14.2. The van der Waals surface area contributed by atoms with Crippen molar-refractivity contribution in [2.75, 3.05) is 0 Å². The van der Waals surface area contributed by atoms with E-state index in [0.717, 1.165) is 25.7 Å². The summed E-state index contributed by atoms with van der Waals surface area (Å²) >= 11 is 5.98. The zero-order valence-corrected chi connectivity index (χ0v) is 11.6. The summed E-state index contributed by atoms with van der Waals surface area (Å²) in [6.07, 6.45) is 6.82. The van der Waals surface area contributed by atoms with Gasteiger partial charge in [-0.05, 0) is 12.8 Å². The summed E-state index contributed by atoms with van der Waals surface area (Å²) < 4.78 is 5.19. The van der Waals surface area contributed by atoms with E-state index in [1.165, 1.54) is 12.5 Å². The Morgan fingerprint density at radius 1 is 1.32 bits per heavy atom. The van der Waals surface area contributed by atoms with Crippen molar-refractivity contribution in [1.29, 1.82) is 0 Å². The predicted molar refractivity (Wildman–Crippen MR) is 71.9 cm³/mol. The molecule has 1 fully saturated rings. The Bertz CT molecular complexity index is 568. The van der Waals surface area contributed by atoms with Gasteiger partial charge in [-0.1, -0.05) is 29.6 Å². The molecule has 2 aromatic heterocycles. The second kappa shape index (κ2) is 5.40. The number of hydrogen-bond acceptors (Lipinski definition) is 6. The molecule has 0 saturated heterocycles. The zero-order valence-electron chi connectivity index (χ0n) is 10.0. The maximum Gasteiger partial charge on any atom is 0.278 e. The minimum Gasteiger partial charge on any atom is -0.332 e. The standard InChI is InChI=1S/C11H12ClN5O.ClH/c12-7-5-14-6-15-8(7)9-16-10(17-18-9)11(13)3-1-2-4-11;/h5-6H,1-4,13H2;1H. The van der Waals surface area contributed by atoms with Gasteiger partial charge in [0.1, 0.15) is 6.33 Å². The molecule has 1 aliphatic carbocycles. The number of halogens is 2. The summed E-state index contributed by atoms with van der Waals surface area (Å²) in [5.41, 5.74) is 6.23. The van der Waals surface area contributed by atoms with Gasteiger partial charge in [0, 0.05) is 6.20 Å². The van der Waals surface area contributed by atoms with E-state index in [1.807, 2.05) is 0 Å². The molecule has 0 atom stereocenters. The van der Waals surface area contributed by atoms with Gasteiger partial charge in [0.25, 0.3) is 5.89 Å². The van der Waals surface area contributed by atoms with Crippen molar-refractivity contribution in [2.45, 2.75) is 31.2 Å². The molecule has 2 N–H and O–H groups in total. The molecule has 0 radical (unpaired) electrons. The Labute approximate surface area is 121 Å². The summed E-state index contributed by atoms with van der Waals surface area (Å²) in [5, 5.41) is 4.34. The summed E-state index contributed by atoms with van der Waals surface area (Å²) in [6, 6.07) is 0. The molecule has 6 nitrogen and oxygen atoms in total. The highest BCUT2D eigenvalue weighted by molar-refractivity contribution is 6.32. The highest BCUT2D eigenvalue weighted by Gasteiger charge is 2.36. The molecule has 102 valence electrons. The molecule has 8 heteroatoms. The van der Waals surface area contributed by atoms with Crippen LogP contribution in [0.4, 0.5) is 0 Å². The summed E-state index contributed by atoms with van der Waals surface area (Å²) in [6.45, 7) is 0. The van der Waals surface area contributed by atoms with Crippen molar-refractivity contribution in [3.8, 4) is 11.6 Å². The highest BCUT2D eigenvalue weighted by atomic mass is 35.5. The van der Waals surface area contributed by atoms with Crippen LogP contribution in [0.25, 0.3) is 11.6 Å². The monoisotopic (exact) mass is 301 g/mol. The molecule has 3 rings (SSSR count). The van der Waals surface area contributed by atoms with Gasteiger partial charge in [0.05, 0.1) is 10.6 Å². The third-order valence-corrected chi connectivity index (χ3v) is 3.51. The fraction of sp³-hybridized carbons (Fsp3) is 0.455. The van der Waals surface area contributed by atoms with Gasteiger partial charge in [-0.2, -0.15) is 4.98 Å². The second-order valence-corrected chi connectivity index (χ2v) is 4.91. The van der Waals surface area contributed by atoms with Crippen LogP contribution in [0.1, 0.15) is 31.5 Å². The smallest absolute Gasteiger partial charge is 0.278 e. The van der Waals surface area contributed by atoms with Gasteiger partial charge in [0.15, 0.2) is 11.5 Å². The molecule has 1 aliphatic rings. The minimum atomic E-state index is -0.471. The Hall–Kier alpha value is -1.24. The molecule has 19 heavy (non-hydrogen) atoms. The van der Waals surface area contributed by atoms with Gasteiger partial charge >= 0.3 is 0 Å². The van der Waals surface area contributed by atoms with Crippen LogP contribution in [0.2, 0.25) is 5.02 Å². The number of hydrogen-bond donors (Lipinski definition) is 1. The normalized spacial score (nSPS) is 17.2. The van der Waals surface area contributed by atoms with E-state index in [1.54, 1.807) is 0 Å². The van der Waals surface area contributed by atoms with Crippen molar-refractivity contribution in [3.63, 3.8) is 0 Å². The van der Waals surface area contributed by atoms with Crippen molar-refractivity contribution >= 4 is 24.0 Å². The largest absolute Gasteiger partial charge is 0.332 e. The van der Waals surface area contributed by atoms with E-state index in [-0.39, 0.29) is 18.3 Å². The van der Waals surface area contributed by atoms with Crippen LogP contribution in [0.5, 0.6) is 0 Å². The maximum atomic E-state index is 6.26. The first-order valence-electron chi connectivity index (χ1n) is 5.78. The van der Waals surface area contributed by atoms with Gasteiger partial charge in [-0.3, -0.25) is 0 Å². The van der Waals surface area contributed by atoms with Gasteiger partial charge in [-0.25, -0.2) is 9.97 Å². The van der Waals surface area contributed by atoms with Gasteiger partial charge in [0.2, 0.25) is 0 Å². The van der Waals surface area contributed by atoms with E-state index >= 15 is 0 Å². The quantitative estimate of drug-likeness (QED) is 0.915. The molecule has 0 unspecified atom stereocenters. The maximum absolute atomic E-state index is 6.26. The number of nitrogens with zero attached hydrogens (tertiary/aromatic N) is 4. The fourth-order valence-electron chi connectivity index (χ4n) is 2.22. The highest BCUT2D eigenvalue weighted by Crippen LogP contribution is 2.35. The Morgan fingerprint density at radius 2 is 2.05 bits per heavy atom. The molecule has 1 saturated carbocycles. The molecular weight excluding hydrogens is 289 g/mol. The summed E-state index contributed by atoms with van der Waals surface area (Å²) in [4.78, 5) is 12.2. The van der Waals surface area contributed by atoms with Crippen molar-refractivity contribution in [3.05, 3.63) is 23.4 Å². The molecule has 0 aromatic carbocycles. The fourth-order valence-corrected chi connectivity index (χ4v) is 2.41. The Morgan fingerprint density at radius 3 is 2.74 bits per heavy atom. The Kier molecular flexibility index (Phi) is 4.03. The molecule has 0 spiro atoms. The van der Waals surface area contributed by atoms with E-state index in [9.17, 15) is 0 Å². The summed E-state index contributed by atoms with van der Waals surface area (Å²) in [7, 11) is 0. The SMILES string of the molecule is Cl.NC1(c2noc(-c3ncncc3Cl)n2)CCCC1. The van der Waals surface area contributed by atoms with Crippen LogP contribution < -0.4 is 5.73 Å². The van der Waals surface area contributed by atoms with Crippen LogP contribution in [0.15, 0.2) is 17.0 Å². The third-order valence-electron chi connectivity index (χ3n) is 3.24. The van der Waals surface area contributed by atoms with E-state index in [0.29, 0.717) is 16.5 Å². The molecule has 0 amide bonds. The van der Waals surface area contributed by atoms with Crippen LogP contribution in [0.3, 0.4) is 0 Å². The zero-order chi connectivity index (χ0) is 12.6. The van der Waals surface area contributed by atoms with Crippen molar-refractivity contribution in [2.24, 2.45) is 5.73 Å².